The number of carbonyl (C=O) groups is 2. The Morgan fingerprint density at radius 2 is 1.72 bits per heavy atom. The predicted octanol–water partition coefficient (Wildman–Crippen LogP) is 3.64. The predicted molar refractivity (Wildman–Crippen MR) is 118 cm³/mol. The first-order valence-electron chi connectivity index (χ1n) is 10.5. The van der Waals surface area contributed by atoms with Crippen LogP contribution in [-0.4, -0.2) is 54.3 Å². The Hall–Kier alpha value is -2.18. The van der Waals surface area contributed by atoms with Crippen LogP contribution >= 0.6 is 11.3 Å². The van der Waals surface area contributed by atoms with Crippen molar-refractivity contribution in [3.8, 4) is 0 Å². The van der Waals surface area contributed by atoms with Crippen molar-refractivity contribution >= 4 is 28.8 Å². The lowest BCUT2D eigenvalue weighted by Gasteiger charge is -2.34. The third kappa shape index (κ3) is 4.38. The Labute approximate surface area is 176 Å². The summed E-state index contributed by atoms with van der Waals surface area (Å²) in [6.07, 6.45) is 4.59. The van der Waals surface area contributed by atoms with Crippen molar-refractivity contribution in [3.05, 3.63) is 50.7 Å². The zero-order valence-electron chi connectivity index (χ0n) is 17.3. The van der Waals surface area contributed by atoms with Gasteiger partial charge in [-0.05, 0) is 56.2 Å². The molecule has 0 bridgehead atoms. The van der Waals surface area contributed by atoms with E-state index in [4.69, 9.17) is 0 Å². The maximum atomic E-state index is 13.0. The van der Waals surface area contributed by atoms with E-state index in [2.05, 4.69) is 15.6 Å². The number of rotatable bonds is 4. The zero-order chi connectivity index (χ0) is 20.4. The first-order chi connectivity index (χ1) is 14.0. The maximum Gasteiger partial charge on any atom is 0.255 e. The molecule has 0 atom stereocenters. The number of anilines is 1. The highest BCUT2D eigenvalue weighted by Crippen LogP contribution is 2.31. The smallest absolute Gasteiger partial charge is 0.255 e. The number of aryl methyl sites for hydroxylation is 3. The van der Waals surface area contributed by atoms with E-state index in [1.165, 1.54) is 23.3 Å². The first kappa shape index (κ1) is 20.1. The van der Waals surface area contributed by atoms with Gasteiger partial charge in [0.2, 0.25) is 5.91 Å². The standard InChI is InChI=1S/C23H29N3O2S/c1-16-6-5-7-17(2)22(16)24-21(27)14-25-10-12-26(13-11-25)23(28)19-15-29-20-9-4-3-8-18(19)20/h5-7,15H,3-4,8-14H2,1-2H3,(H,24,27). The Kier molecular flexibility index (Phi) is 6.01. The number of fused-ring (bicyclic) bond motifs is 1. The number of carbonyl (C=O) groups excluding carboxylic acids is 2. The van der Waals surface area contributed by atoms with Crippen molar-refractivity contribution < 1.29 is 9.59 Å². The molecule has 0 spiro atoms. The number of thiophene rings is 1. The van der Waals surface area contributed by atoms with Crippen LogP contribution in [0.2, 0.25) is 0 Å². The van der Waals surface area contributed by atoms with E-state index in [0.717, 1.165) is 48.3 Å². The lowest BCUT2D eigenvalue weighted by Crippen LogP contribution is -2.50. The fourth-order valence-corrected chi connectivity index (χ4v) is 5.47. The van der Waals surface area contributed by atoms with Gasteiger partial charge in [0.15, 0.2) is 0 Å². The largest absolute Gasteiger partial charge is 0.336 e. The first-order valence-corrected chi connectivity index (χ1v) is 11.4. The maximum absolute atomic E-state index is 13.0. The molecule has 4 rings (SSSR count). The summed E-state index contributed by atoms with van der Waals surface area (Å²) < 4.78 is 0. The molecule has 1 aromatic heterocycles. The average Bonchev–Trinajstić information content (AvgIpc) is 3.15. The molecule has 0 radical (unpaired) electrons. The van der Waals surface area contributed by atoms with E-state index in [1.807, 2.05) is 36.9 Å². The van der Waals surface area contributed by atoms with Crippen molar-refractivity contribution in [2.24, 2.45) is 0 Å². The summed E-state index contributed by atoms with van der Waals surface area (Å²) in [4.78, 5) is 31.0. The lowest BCUT2D eigenvalue weighted by molar-refractivity contribution is -0.117. The average molecular weight is 412 g/mol. The quantitative estimate of drug-likeness (QED) is 0.836. The van der Waals surface area contributed by atoms with Crippen molar-refractivity contribution in [3.63, 3.8) is 0 Å². The van der Waals surface area contributed by atoms with Crippen LogP contribution in [-0.2, 0) is 17.6 Å². The number of amides is 2. The normalized spacial score (nSPS) is 17.1. The van der Waals surface area contributed by atoms with Crippen molar-refractivity contribution in [2.75, 3.05) is 38.0 Å². The van der Waals surface area contributed by atoms with Gasteiger partial charge in [0.1, 0.15) is 0 Å². The van der Waals surface area contributed by atoms with Crippen LogP contribution in [0.4, 0.5) is 5.69 Å². The van der Waals surface area contributed by atoms with E-state index < -0.39 is 0 Å². The van der Waals surface area contributed by atoms with Gasteiger partial charge in [-0.2, -0.15) is 0 Å². The SMILES string of the molecule is Cc1cccc(C)c1NC(=O)CN1CCN(C(=O)c2csc3c2CCCC3)CC1. The molecule has 1 aromatic carbocycles. The number of piperazine rings is 1. The van der Waals surface area contributed by atoms with Gasteiger partial charge in [-0.15, -0.1) is 11.3 Å². The van der Waals surface area contributed by atoms with E-state index in [9.17, 15) is 9.59 Å². The second kappa shape index (κ2) is 8.67. The van der Waals surface area contributed by atoms with E-state index in [0.29, 0.717) is 19.6 Å². The van der Waals surface area contributed by atoms with Crippen molar-refractivity contribution in [2.45, 2.75) is 39.5 Å². The lowest BCUT2D eigenvalue weighted by atomic mass is 9.95. The number of benzene rings is 1. The number of nitrogens with one attached hydrogen (secondary N) is 1. The van der Waals surface area contributed by atoms with Gasteiger partial charge in [-0.3, -0.25) is 14.5 Å². The van der Waals surface area contributed by atoms with Crippen LogP contribution in [0.15, 0.2) is 23.6 Å². The summed E-state index contributed by atoms with van der Waals surface area (Å²) in [6.45, 7) is 7.21. The molecule has 1 saturated heterocycles. The molecule has 2 aliphatic rings. The van der Waals surface area contributed by atoms with Crippen molar-refractivity contribution in [1.29, 1.82) is 0 Å². The van der Waals surface area contributed by atoms with Crippen LogP contribution in [0.25, 0.3) is 0 Å². The van der Waals surface area contributed by atoms with Gasteiger partial charge in [0.05, 0.1) is 12.1 Å². The zero-order valence-corrected chi connectivity index (χ0v) is 18.1. The molecule has 1 N–H and O–H groups in total. The van der Waals surface area contributed by atoms with Gasteiger partial charge in [0.25, 0.3) is 5.91 Å². The molecule has 29 heavy (non-hydrogen) atoms. The molecule has 0 saturated carbocycles. The minimum Gasteiger partial charge on any atom is -0.336 e. The highest BCUT2D eigenvalue weighted by Gasteiger charge is 2.27. The third-order valence-corrected chi connectivity index (χ3v) is 7.15. The van der Waals surface area contributed by atoms with Crippen LogP contribution in [0.3, 0.4) is 0 Å². The minimum atomic E-state index is 0.00841. The van der Waals surface area contributed by atoms with Gasteiger partial charge in [-0.1, -0.05) is 18.2 Å². The summed E-state index contributed by atoms with van der Waals surface area (Å²) in [6, 6.07) is 6.02. The Bertz CT molecular complexity index is 893. The Balaban J connectivity index is 1.31. The summed E-state index contributed by atoms with van der Waals surface area (Å²) in [5.41, 5.74) is 5.28. The van der Waals surface area contributed by atoms with Gasteiger partial charge >= 0.3 is 0 Å². The van der Waals surface area contributed by atoms with Crippen LogP contribution in [0.1, 0.15) is 44.8 Å². The molecular weight excluding hydrogens is 382 g/mol. The Morgan fingerprint density at radius 1 is 1.03 bits per heavy atom. The van der Waals surface area contributed by atoms with Gasteiger partial charge < -0.3 is 10.2 Å². The molecule has 2 aromatic rings. The van der Waals surface area contributed by atoms with Gasteiger partial charge in [0, 0.05) is 42.1 Å². The second-order valence-corrected chi connectivity index (χ2v) is 9.11. The van der Waals surface area contributed by atoms with Gasteiger partial charge in [-0.25, -0.2) is 0 Å². The molecule has 1 aliphatic heterocycles. The fourth-order valence-electron chi connectivity index (χ4n) is 4.35. The highest BCUT2D eigenvalue weighted by molar-refractivity contribution is 7.10. The molecule has 5 nitrogen and oxygen atoms in total. The van der Waals surface area contributed by atoms with E-state index >= 15 is 0 Å². The molecule has 1 aliphatic carbocycles. The van der Waals surface area contributed by atoms with Crippen molar-refractivity contribution in [1.82, 2.24) is 9.80 Å². The third-order valence-electron chi connectivity index (χ3n) is 6.06. The molecule has 154 valence electrons. The summed E-state index contributed by atoms with van der Waals surface area (Å²) in [7, 11) is 0. The fraction of sp³-hybridized carbons (Fsp3) is 0.478. The number of nitrogens with zero attached hydrogens (tertiary/aromatic N) is 2. The minimum absolute atomic E-state index is 0.00841. The van der Waals surface area contributed by atoms with E-state index in [1.54, 1.807) is 11.3 Å². The summed E-state index contributed by atoms with van der Waals surface area (Å²) >= 11 is 1.75. The molecular formula is C23H29N3O2S. The van der Waals surface area contributed by atoms with Crippen LogP contribution in [0, 0.1) is 13.8 Å². The molecule has 2 heterocycles. The van der Waals surface area contributed by atoms with Crippen LogP contribution in [0.5, 0.6) is 0 Å². The number of para-hydroxylation sites is 1. The van der Waals surface area contributed by atoms with Crippen LogP contribution < -0.4 is 5.32 Å². The molecule has 0 unspecified atom stereocenters. The monoisotopic (exact) mass is 411 g/mol. The molecule has 1 fully saturated rings. The Morgan fingerprint density at radius 3 is 2.45 bits per heavy atom. The summed E-state index contributed by atoms with van der Waals surface area (Å²) in [5.74, 6) is 0.179. The van der Waals surface area contributed by atoms with E-state index in [-0.39, 0.29) is 11.8 Å². The highest BCUT2D eigenvalue weighted by atomic mass is 32.1. The molecule has 6 heteroatoms. The number of hydrogen-bond donors (Lipinski definition) is 1. The molecule has 2 amide bonds. The topological polar surface area (TPSA) is 52.7 Å². The second-order valence-electron chi connectivity index (χ2n) is 8.14. The number of hydrogen-bond acceptors (Lipinski definition) is 4. The summed E-state index contributed by atoms with van der Waals surface area (Å²) in [5, 5.41) is 5.11.